The molecule has 0 rings (SSSR count). The van der Waals surface area contributed by atoms with Crippen molar-refractivity contribution < 1.29 is 23.9 Å². The van der Waals surface area contributed by atoms with Crippen molar-refractivity contribution >= 4 is 19.2 Å². The molecule has 0 heterocycles. The lowest BCUT2D eigenvalue weighted by Crippen LogP contribution is -2.12. The van der Waals surface area contributed by atoms with Crippen molar-refractivity contribution in [2.75, 3.05) is 19.9 Å². The predicted octanol–water partition coefficient (Wildman–Crippen LogP) is 0.676. The summed E-state index contributed by atoms with van der Waals surface area (Å²) in [6, 6.07) is 0. The number of nitrogens with zero attached hydrogens (tertiary/aromatic N) is 1. The minimum atomic E-state index is -2.17. The summed E-state index contributed by atoms with van der Waals surface area (Å²) in [4.78, 5) is 19.2. The molecule has 0 aliphatic carbocycles. The molecule has 0 aromatic heterocycles. The molecule has 9 heteroatoms. The van der Waals surface area contributed by atoms with E-state index in [1.165, 1.54) is 25.5 Å². The largest absolute Gasteiger partial charge is 0.329 e. The quantitative estimate of drug-likeness (QED) is 0.224. The molecular formula is C9H20N3O5P. The van der Waals surface area contributed by atoms with Crippen molar-refractivity contribution in [3.8, 4) is 6.19 Å². The van der Waals surface area contributed by atoms with E-state index in [1.807, 2.05) is 12.2 Å². The Bertz CT molecular complexity index is 321. The smallest absolute Gasteiger partial charge is 0.240 e. The van der Waals surface area contributed by atoms with Crippen molar-refractivity contribution in [2.45, 2.75) is 20.8 Å². The van der Waals surface area contributed by atoms with Gasteiger partial charge in [0.2, 0.25) is 11.8 Å². The maximum Gasteiger partial charge on any atom is 0.240 e. The molecule has 3 N–H and O–H groups in total. The first-order valence-corrected chi connectivity index (χ1v) is 7.38. The van der Waals surface area contributed by atoms with Gasteiger partial charge in [-0.25, -0.2) is 5.48 Å². The molecule has 106 valence electrons. The van der Waals surface area contributed by atoms with Crippen molar-refractivity contribution in [1.82, 2.24) is 10.8 Å². The fraction of sp³-hybridized carbons (Fsp3) is 0.667. The number of rotatable bonds is 2. The van der Waals surface area contributed by atoms with Gasteiger partial charge >= 0.3 is 0 Å². The molecule has 0 aliphatic rings. The Morgan fingerprint density at radius 3 is 1.72 bits per heavy atom. The van der Waals surface area contributed by atoms with Gasteiger partial charge in [-0.2, -0.15) is 5.26 Å². The maximum absolute atomic E-state index is 10.6. The third-order valence-electron chi connectivity index (χ3n) is 0.829. The van der Waals surface area contributed by atoms with Gasteiger partial charge in [0, 0.05) is 27.2 Å². The number of nitriles is 1. The van der Waals surface area contributed by atoms with Crippen LogP contribution < -0.4 is 10.8 Å². The predicted molar refractivity (Wildman–Crippen MR) is 66.1 cm³/mol. The number of amides is 2. The molecule has 0 saturated carbocycles. The molecule has 8 nitrogen and oxygen atoms in total. The zero-order valence-electron chi connectivity index (χ0n) is 11.2. The van der Waals surface area contributed by atoms with E-state index in [0.717, 1.165) is 0 Å². The highest BCUT2D eigenvalue weighted by Gasteiger charge is 2.02. The lowest BCUT2D eigenvalue weighted by Gasteiger charge is -2.02. The van der Waals surface area contributed by atoms with Crippen LogP contribution in [0.2, 0.25) is 0 Å². The first kappa shape index (κ1) is 21.8. The van der Waals surface area contributed by atoms with Gasteiger partial charge in [0.25, 0.3) is 0 Å². The van der Waals surface area contributed by atoms with E-state index >= 15 is 0 Å². The first-order valence-electron chi connectivity index (χ1n) is 4.86. The van der Waals surface area contributed by atoms with Gasteiger partial charge in [0.1, 0.15) is 0 Å². The molecule has 0 radical (unpaired) electrons. The second-order valence-electron chi connectivity index (χ2n) is 3.13. The summed E-state index contributed by atoms with van der Waals surface area (Å²) in [5, 5.41) is 17.1. The van der Waals surface area contributed by atoms with Crippen molar-refractivity contribution in [3.63, 3.8) is 0 Å². The van der Waals surface area contributed by atoms with Gasteiger partial charge in [-0.05, 0) is 6.92 Å². The van der Waals surface area contributed by atoms with Gasteiger partial charge in [0.15, 0.2) is 13.6 Å². The molecular weight excluding hydrogens is 261 g/mol. The monoisotopic (exact) mass is 281 g/mol. The van der Waals surface area contributed by atoms with Crippen LogP contribution in [0.1, 0.15) is 20.8 Å². The summed E-state index contributed by atoms with van der Waals surface area (Å²) >= 11 is 0. The van der Waals surface area contributed by atoms with Crippen LogP contribution >= 0.6 is 7.37 Å². The topological polar surface area (TPSA) is 129 Å². The summed E-state index contributed by atoms with van der Waals surface area (Å²) in [7, 11) is -2.17. The molecule has 0 bridgehead atoms. The van der Waals surface area contributed by atoms with Gasteiger partial charge in [-0.15, -0.1) is 0 Å². The van der Waals surface area contributed by atoms with Crippen LogP contribution in [-0.4, -0.2) is 37.0 Å². The zero-order valence-corrected chi connectivity index (χ0v) is 12.1. The zero-order chi connectivity index (χ0) is 15.2. The van der Waals surface area contributed by atoms with Gasteiger partial charge in [0.05, 0.1) is 6.61 Å². The van der Waals surface area contributed by atoms with Crippen molar-refractivity contribution in [2.24, 2.45) is 0 Å². The fourth-order valence-corrected chi connectivity index (χ4v) is 1.01. The van der Waals surface area contributed by atoms with Crippen LogP contribution in [0.15, 0.2) is 0 Å². The molecule has 0 saturated heterocycles. The van der Waals surface area contributed by atoms with Crippen LogP contribution in [0.25, 0.3) is 0 Å². The van der Waals surface area contributed by atoms with Gasteiger partial charge < -0.3 is 4.52 Å². The Hall–Kier alpha value is -1.42. The van der Waals surface area contributed by atoms with E-state index in [4.69, 9.17) is 15.0 Å². The molecule has 18 heavy (non-hydrogen) atoms. The van der Waals surface area contributed by atoms with E-state index in [0.29, 0.717) is 6.61 Å². The van der Waals surface area contributed by atoms with E-state index in [1.54, 1.807) is 13.3 Å². The number of hydrogen-bond donors (Lipinski definition) is 3. The molecule has 0 aromatic carbocycles. The second-order valence-corrected chi connectivity index (χ2v) is 5.89. The second kappa shape index (κ2) is 13.6. The van der Waals surface area contributed by atoms with Gasteiger partial charge in [-0.1, -0.05) is 0 Å². The highest BCUT2D eigenvalue weighted by Crippen LogP contribution is 2.36. The maximum atomic E-state index is 10.6. The fourth-order valence-electron chi connectivity index (χ4n) is 0.390. The average Bonchev–Trinajstić information content (AvgIpc) is 2.17. The Morgan fingerprint density at radius 1 is 1.33 bits per heavy atom. The number of carbonyl (C=O) groups excluding carboxylic acids is 2. The highest BCUT2D eigenvalue weighted by molar-refractivity contribution is 7.57. The standard InChI is InChI=1S/C4H11O2P.C3H4N2O.C2H5NO2/c1-4-6-7(2,3)5;1-3(6)5-2-4;1-2(4)3-5/h4H2,1-3H3;1H3,(H,5,6);5H,1H3,(H,3,4). The van der Waals surface area contributed by atoms with Crippen molar-refractivity contribution in [3.05, 3.63) is 0 Å². The summed E-state index contributed by atoms with van der Waals surface area (Å²) in [6.45, 7) is 8.10. The number of nitrogens with one attached hydrogen (secondary N) is 2. The minimum Gasteiger partial charge on any atom is -0.329 e. The van der Waals surface area contributed by atoms with Crippen LogP contribution in [-0.2, 0) is 18.7 Å². The summed E-state index contributed by atoms with van der Waals surface area (Å²) < 4.78 is 15.4. The summed E-state index contributed by atoms with van der Waals surface area (Å²) in [6.07, 6.45) is 1.47. The van der Waals surface area contributed by atoms with Crippen LogP contribution in [0.3, 0.4) is 0 Å². The highest BCUT2D eigenvalue weighted by atomic mass is 31.2. The first-order chi connectivity index (χ1) is 8.10. The molecule has 0 unspecified atom stereocenters. The summed E-state index contributed by atoms with van der Waals surface area (Å²) in [5.74, 6) is -0.762. The Labute approximate surface area is 107 Å². The lowest BCUT2D eigenvalue weighted by atomic mass is 10.7. The Balaban J connectivity index is -0.000000190. The van der Waals surface area contributed by atoms with Gasteiger partial charge in [-0.3, -0.25) is 24.7 Å². The summed E-state index contributed by atoms with van der Waals surface area (Å²) in [5.41, 5.74) is 1.39. The molecule has 0 atom stereocenters. The van der Waals surface area contributed by atoms with Crippen LogP contribution in [0.5, 0.6) is 0 Å². The Morgan fingerprint density at radius 2 is 1.72 bits per heavy atom. The van der Waals surface area contributed by atoms with Crippen LogP contribution in [0.4, 0.5) is 0 Å². The molecule has 0 fully saturated rings. The SMILES string of the molecule is CC(=O)NC#N.CC(=O)NO.CCOP(C)(C)=O. The third-order valence-corrected chi connectivity index (χ3v) is 1.71. The van der Waals surface area contributed by atoms with E-state index < -0.39 is 13.3 Å². The third kappa shape index (κ3) is 46.8. The molecule has 0 aromatic rings. The minimum absolute atomic E-state index is 0.322. The van der Waals surface area contributed by atoms with Crippen LogP contribution in [0, 0.1) is 11.5 Å². The molecule has 0 aliphatic heterocycles. The Kier molecular flexibility index (Phi) is 16.5. The molecule has 2 amide bonds. The van der Waals surface area contributed by atoms with Crippen molar-refractivity contribution in [1.29, 1.82) is 5.26 Å². The van der Waals surface area contributed by atoms with E-state index in [2.05, 4.69) is 0 Å². The molecule has 0 spiro atoms. The number of carbonyl (C=O) groups is 2. The number of hydroxylamine groups is 1. The van der Waals surface area contributed by atoms with E-state index in [-0.39, 0.29) is 5.91 Å². The lowest BCUT2D eigenvalue weighted by molar-refractivity contribution is -0.126. The van der Waals surface area contributed by atoms with E-state index in [9.17, 15) is 14.2 Å². The average molecular weight is 281 g/mol. The normalized spacial score (nSPS) is 8.50. The number of hydrogen-bond acceptors (Lipinski definition) is 6.